The summed E-state index contributed by atoms with van der Waals surface area (Å²) in [5, 5.41) is 5.21. The van der Waals surface area contributed by atoms with Gasteiger partial charge in [0.15, 0.2) is 0 Å². The van der Waals surface area contributed by atoms with Crippen LogP contribution in [0, 0.1) is 0 Å². The first-order chi connectivity index (χ1) is 8.38. The largest absolute Gasteiger partial charge is 0.496 e. The van der Waals surface area contributed by atoms with Crippen LogP contribution in [0.3, 0.4) is 0 Å². The van der Waals surface area contributed by atoms with Gasteiger partial charge < -0.3 is 14.8 Å². The van der Waals surface area contributed by atoms with Gasteiger partial charge in [-0.15, -0.1) is 0 Å². The number of nitrogens with zero attached hydrogens (tertiary/aromatic N) is 1. The van der Waals surface area contributed by atoms with Crippen LogP contribution in [0.5, 0.6) is 11.6 Å². The van der Waals surface area contributed by atoms with Gasteiger partial charge in [-0.25, -0.2) is 4.98 Å². The number of nitrogens with one attached hydrogen (secondary N) is 1. The highest BCUT2D eigenvalue weighted by Crippen LogP contribution is 2.30. The van der Waals surface area contributed by atoms with E-state index in [0.29, 0.717) is 5.88 Å². The topological polar surface area (TPSA) is 43.4 Å². The Morgan fingerprint density at radius 1 is 1.24 bits per heavy atom. The van der Waals surface area contributed by atoms with Crippen molar-refractivity contribution in [1.82, 2.24) is 10.3 Å². The summed E-state index contributed by atoms with van der Waals surface area (Å²) in [6.45, 7) is 1.78. The molecule has 1 aliphatic heterocycles. The first kappa shape index (κ1) is 10.4. The first-order valence-corrected chi connectivity index (χ1v) is 5.67. The minimum atomic E-state index is 0.235. The normalized spacial score (nSPS) is 15.6. The van der Waals surface area contributed by atoms with Gasteiger partial charge in [0.25, 0.3) is 0 Å². The highest BCUT2D eigenvalue weighted by atomic mass is 16.5. The molecular weight excluding hydrogens is 216 g/mol. The predicted molar refractivity (Wildman–Crippen MR) is 65.6 cm³/mol. The molecule has 0 atom stereocenters. The summed E-state index contributed by atoms with van der Waals surface area (Å²) < 4.78 is 11.2. The fourth-order valence-corrected chi connectivity index (χ4v) is 1.93. The highest BCUT2D eigenvalue weighted by Gasteiger charge is 2.20. The van der Waals surface area contributed by atoms with Crippen molar-refractivity contribution >= 4 is 10.8 Å². The molecule has 4 nitrogen and oxygen atoms in total. The molecule has 2 heterocycles. The van der Waals surface area contributed by atoms with E-state index in [1.54, 1.807) is 13.3 Å². The maximum absolute atomic E-state index is 5.83. The van der Waals surface area contributed by atoms with Crippen LogP contribution in [-0.4, -0.2) is 31.3 Å². The van der Waals surface area contributed by atoms with E-state index in [0.717, 1.165) is 29.6 Å². The molecule has 17 heavy (non-hydrogen) atoms. The third-order valence-corrected chi connectivity index (χ3v) is 2.97. The molecule has 0 aliphatic carbocycles. The van der Waals surface area contributed by atoms with E-state index in [-0.39, 0.29) is 6.10 Å². The standard InChI is InChI=1S/C13H14N2O2/c1-16-12-4-2-3-11-10(12)5-6-15-13(11)17-9-7-14-8-9/h2-6,9,14H,7-8H2,1H3. The second kappa shape index (κ2) is 4.22. The highest BCUT2D eigenvalue weighted by molar-refractivity contribution is 5.91. The van der Waals surface area contributed by atoms with Gasteiger partial charge in [0.1, 0.15) is 11.9 Å². The number of hydrogen-bond acceptors (Lipinski definition) is 4. The van der Waals surface area contributed by atoms with Crippen LogP contribution in [0.1, 0.15) is 0 Å². The molecule has 1 aromatic heterocycles. The van der Waals surface area contributed by atoms with Crippen LogP contribution in [0.2, 0.25) is 0 Å². The number of aromatic nitrogens is 1. The van der Waals surface area contributed by atoms with Crippen molar-refractivity contribution in [3.8, 4) is 11.6 Å². The van der Waals surface area contributed by atoms with Crippen molar-refractivity contribution < 1.29 is 9.47 Å². The van der Waals surface area contributed by atoms with Crippen LogP contribution in [0.15, 0.2) is 30.5 Å². The molecule has 1 N–H and O–H groups in total. The fraction of sp³-hybridized carbons (Fsp3) is 0.308. The lowest BCUT2D eigenvalue weighted by molar-refractivity contribution is 0.138. The van der Waals surface area contributed by atoms with Crippen LogP contribution in [0.25, 0.3) is 10.8 Å². The van der Waals surface area contributed by atoms with E-state index in [1.807, 2.05) is 24.3 Å². The Kier molecular flexibility index (Phi) is 2.57. The lowest BCUT2D eigenvalue weighted by atomic mass is 10.1. The summed E-state index contributed by atoms with van der Waals surface area (Å²) in [6.07, 6.45) is 1.99. The van der Waals surface area contributed by atoms with E-state index in [9.17, 15) is 0 Å². The van der Waals surface area contributed by atoms with E-state index in [1.165, 1.54) is 0 Å². The molecule has 2 aromatic rings. The Morgan fingerprint density at radius 2 is 2.12 bits per heavy atom. The summed E-state index contributed by atoms with van der Waals surface area (Å²) in [5.74, 6) is 1.54. The summed E-state index contributed by atoms with van der Waals surface area (Å²) in [6, 6.07) is 7.85. The summed E-state index contributed by atoms with van der Waals surface area (Å²) >= 11 is 0. The molecule has 0 bridgehead atoms. The van der Waals surface area contributed by atoms with Crippen LogP contribution in [-0.2, 0) is 0 Å². The maximum Gasteiger partial charge on any atom is 0.221 e. The molecule has 0 unspecified atom stereocenters. The lowest BCUT2D eigenvalue weighted by Crippen LogP contribution is -2.50. The van der Waals surface area contributed by atoms with E-state index >= 15 is 0 Å². The van der Waals surface area contributed by atoms with Gasteiger partial charge in [-0.1, -0.05) is 6.07 Å². The third-order valence-electron chi connectivity index (χ3n) is 2.97. The number of hydrogen-bond donors (Lipinski definition) is 1. The Labute approximate surface area is 99.6 Å². The van der Waals surface area contributed by atoms with E-state index in [2.05, 4.69) is 10.3 Å². The zero-order chi connectivity index (χ0) is 11.7. The second-order valence-corrected chi connectivity index (χ2v) is 4.07. The van der Waals surface area contributed by atoms with Gasteiger partial charge in [-0.3, -0.25) is 0 Å². The van der Waals surface area contributed by atoms with E-state index < -0.39 is 0 Å². The molecule has 3 rings (SSSR count). The molecule has 1 aromatic carbocycles. The summed E-state index contributed by atoms with van der Waals surface area (Å²) in [5.41, 5.74) is 0. The Balaban J connectivity index is 2.05. The van der Waals surface area contributed by atoms with Gasteiger partial charge in [0.2, 0.25) is 5.88 Å². The van der Waals surface area contributed by atoms with Crippen LogP contribution in [0.4, 0.5) is 0 Å². The summed E-state index contributed by atoms with van der Waals surface area (Å²) in [7, 11) is 1.67. The second-order valence-electron chi connectivity index (χ2n) is 4.07. The lowest BCUT2D eigenvalue weighted by Gasteiger charge is -2.27. The van der Waals surface area contributed by atoms with E-state index in [4.69, 9.17) is 9.47 Å². The number of fused-ring (bicyclic) bond motifs is 1. The van der Waals surface area contributed by atoms with Gasteiger partial charge in [-0.2, -0.15) is 0 Å². The molecule has 88 valence electrons. The summed E-state index contributed by atoms with van der Waals surface area (Å²) in [4.78, 5) is 4.30. The van der Waals surface area contributed by atoms with Crippen molar-refractivity contribution in [3.63, 3.8) is 0 Å². The van der Waals surface area contributed by atoms with Crippen LogP contribution >= 0.6 is 0 Å². The molecule has 1 fully saturated rings. The third kappa shape index (κ3) is 1.80. The van der Waals surface area contributed by atoms with Crippen molar-refractivity contribution in [1.29, 1.82) is 0 Å². The number of pyridine rings is 1. The van der Waals surface area contributed by atoms with Crippen molar-refractivity contribution in [3.05, 3.63) is 30.5 Å². The number of methoxy groups -OCH3 is 1. The van der Waals surface area contributed by atoms with Crippen molar-refractivity contribution in [2.24, 2.45) is 0 Å². The van der Waals surface area contributed by atoms with Gasteiger partial charge in [0, 0.05) is 30.1 Å². The quantitative estimate of drug-likeness (QED) is 0.869. The number of ether oxygens (including phenoxy) is 2. The van der Waals surface area contributed by atoms with Crippen LogP contribution < -0.4 is 14.8 Å². The Bertz CT molecular complexity index is 538. The zero-order valence-corrected chi connectivity index (χ0v) is 9.64. The van der Waals surface area contributed by atoms with Gasteiger partial charge in [-0.05, 0) is 18.2 Å². The van der Waals surface area contributed by atoms with Crippen molar-refractivity contribution in [2.45, 2.75) is 6.10 Å². The number of rotatable bonds is 3. The predicted octanol–water partition coefficient (Wildman–Crippen LogP) is 1.59. The molecule has 1 aliphatic rings. The Morgan fingerprint density at radius 3 is 2.82 bits per heavy atom. The molecule has 0 radical (unpaired) electrons. The fourth-order valence-electron chi connectivity index (χ4n) is 1.93. The average Bonchev–Trinajstić information content (AvgIpc) is 2.33. The molecular formula is C13H14N2O2. The molecule has 0 spiro atoms. The number of benzene rings is 1. The SMILES string of the molecule is COc1cccc2c(OC3CNC3)nccc12. The molecule has 0 amide bonds. The molecule has 0 saturated carbocycles. The molecule has 4 heteroatoms. The monoisotopic (exact) mass is 230 g/mol. The molecule has 1 saturated heterocycles. The average molecular weight is 230 g/mol. The minimum absolute atomic E-state index is 0.235. The zero-order valence-electron chi connectivity index (χ0n) is 9.64. The Hall–Kier alpha value is -1.81. The smallest absolute Gasteiger partial charge is 0.221 e. The maximum atomic E-state index is 5.83. The van der Waals surface area contributed by atoms with Gasteiger partial charge >= 0.3 is 0 Å². The van der Waals surface area contributed by atoms with Gasteiger partial charge in [0.05, 0.1) is 7.11 Å². The minimum Gasteiger partial charge on any atom is -0.496 e. The van der Waals surface area contributed by atoms with Crippen molar-refractivity contribution in [2.75, 3.05) is 20.2 Å². The first-order valence-electron chi connectivity index (χ1n) is 5.67.